The molecule has 5 nitrogen and oxygen atoms in total. The summed E-state index contributed by atoms with van der Waals surface area (Å²) in [5.41, 5.74) is 2.32. The number of sulfonamides is 1. The zero-order chi connectivity index (χ0) is 17.4. The van der Waals surface area contributed by atoms with E-state index in [4.69, 9.17) is 11.6 Å². The zero-order valence-electron chi connectivity index (χ0n) is 13.0. The molecule has 1 aliphatic rings. The van der Waals surface area contributed by atoms with Crippen molar-refractivity contribution in [2.24, 2.45) is 0 Å². The lowest BCUT2D eigenvalue weighted by atomic mass is 10.1. The highest BCUT2D eigenvalue weighted by molar-refractivity contribution is 7.99. The minimum atomic E-state index is -3.72. The van der Waals surface area contributed by atoms with Crippen molar-refractivity contribution in [3.8, 4) is 11.3 Å². The van der Waals surface area contributed by atoms with Crippen molar-refractivity contribution in [3.63, 3.8) is 0 Å². The molecule has 1 aliphatic heterocycles. The molecule has 1 N–H and O–H groups in total. The van der Waals surface area contributed by atoms with E-state index in [0.29, 0.717) is 5.69 Å². The molecule has 0 atom stereocenters. The number of halogens is 1. The molecule has 0 saturated heterocycles. The second-order valence-electron chi connectivity index (χ2n) is 5.56. The Hall–Kier alpha value is -1.96. The number of aryl methyl sites for hydroxylation is 1. The Morgan fingerprint density at radius 2 is 1.88 bits per heavy atom. The van der Waals surface area contributed by atoms with E-state index in [-0.39, 0.29) is 9.92 Å². The normalized spacial score (nSPS) is 13.6. The summed E-state index contributed by atoms with van der Waals surface area (Å²) in [6.45, 7) is 0.975. The van der Waals surface area contributed by atoms with Gasteiger partial charge < -0.3 is 4.57 Å². The van der Waals surface area contributed by atoms with E-state index in [1.54, 1.807) is 42.1 Å². The highest BCUT2D eigenvalue weighted by Crippen LogP contribution is 2.30. The maximum Gasteiger partial charge on any atom is 0.263 e. The molecule has 0 amide bonds. The number of fused-ring (bicyclic) bond motifs is 1. The van der Waals surface area contributed by atoms with Gasteiger partial charge in [0.25, 0.3) is 10.0 Å². The van der Waals surface area contributed by atoms with Gasteiger partial charge in [-0.3, -0.25) is 4.72 Å². The average Bonchev–Trinajstić information content (AvgIpc) is 3.17. The van der Waals surface area contributed by atoms with Gasteiger partial charge in [-0.2, -0.15) is 0 Å². The molecule has 0 aliphatic carbocycles. The Labute approximate surface area is 155 Å². The maximum atomic E-state index is 12.5. The number of benzene rings is 2. The van der Waals surface area contributed by atoms with Gasteiger partial charge in [0.15, 0.2) is 5.16 Å². The number of aromatic nitrogens is 2. The number of imidazole rings is 1. The Bertz CT molecular complexity index is 1010. The quantitative estimate of drug-likeness (QED) is 0.726. The van der Waals surface area contributed by atoms with Gasteiger partial charge in [0, 0.05) is 29.7 Å². The van der Waals surface area contributed by atoms with E-state index in [1.165, 1.54) is 6.07 Å². The fraction of sp³-hybridized carbons (Fsp3) is 0.118. The number of nitrogens with one attached hydrogen (secondary N) is 1. The van der Waals surface area contributed by atoms with E-state index in [2.05, 4.69) is 14.3 Å². The van der Waals surface area contributed by atoms with Crippen molar-refractivity contribution in [1.29, 1.82) is 0 Å². The van der Waals surface area contributed by atoms with E-state index in [0.717, 1.165) is 28.7 Å². The summed E-state index contributed by atoms with van der Waals surface area (Å²) >= 11 is 7.73. The van der Waals surface area contributed by atoms with Crippen LogP contribution in [0.3, 0.4) is 0 Å². The van der Waals surface area contributed by atoms with Crippen LogP contribution >= 0.6 is 23.4 Å². The molecule has 3 aromatic rings. The second kappa shape index (κ2) is 6.40. The third-order valence-corrected chi connectivity index (χ3v) is 6.71. The first kappa shape index (κ1) is 16.5. The lowest BCUT2D eigenvalue weighted by Crippen LogP contribution is -2.13. The highest BCUT2D eigenvalue weighted by atomic mass is 35.5. The van der Waals surface area contributed by atoms with Gasteiger partial charge in [-0.1, -0.05) is 47.6 Å². The van der Waals surface area contributed by atoms with Crippen molar-refractivity contribution in [3.05, 3.63) is 59.8 Å². The number of rotatable bonds is 4. The third-order valence-electron chi connectivity index (χ3n) is 3.86. The molecule has 0 radical (unpaired) electrons. The van der Waals surface area contributed by atoms with Crippen molar-refractivity contribution < 1.29 is 8.42 Å². The van der Waals surface area contributed by atoms with Gasteiger partial charge in [0.1, 0.15) is 4.90 Å². The lowest BCUT2D eigenvalue weighted by Gasteiger charge is -2.09. The first-order chi connectivity index (χ1) is 12.0. The Morgan fingerprint density at radius 3 is 2.60 bits per heavy atom. The molecule has 0 spiro atoms. The van der Waals surface area contributed by atoms with Crippen LogP contribution in [0.25, 0.3) is 11.3 Å². The van der Waals surface area contributed by atoms with Gasteiger partial charge in [-0.25, -0.2) is 13.4 Å². The minimum absolute atomic E-state index is 0.0586. The van der Waals surface area contributed by atoms with Crippen LogP contribution in [0.5, 0.6) is 0 Å². The summed E-state index contributed by atoms with van der Waals surface area (Å²) in [6.07, 6.45) is 2.03. The van der Waals surface area contributed by atoms with Crippen LogP contribution in [-0.4, -0.2) is 23.7 Å². The summed E-state index contributed by atoms with van der Waals surface area (Å²) in [5, 5.41) is 1.22. The van der Waals surface area contributed by atoms with Crippen LogP contribution in [-0.2, 0) is 16.6 Å². The van der Waals surface area contributed by atoms with Gasteiger partial charge in [0.05, 0.1) is 10.7 Å². The molecular formula is C17H14ClN3O2S2. The van der Waals surface area contributed by atoms with Crippen LogP contribution in [0.4, 0.5) is 5.69 Å². The maximum absolute atomic E-state index is 12.5. The predicted molar refractivity (Wildman–Crippen MR) is 101 cm³/mol. The molecule has 2 heterocycles. The molecule has 2 aromatic carbocycles. The Morgan fingerprint density at radius 1 is 1.12 bits per heavy atom. The molecule has 1 aromatic heterocycles. The summed E-state index contributed by atoms with van der Waals surface area (Å²) in [6, 6.07) is 13.5. The molecule has 0 unspecified atom stereocenters. The lowest BCUT2D eigenvalue weighted by molar-refractivity contribution is 0.601. The van der Waals surface area contributed by atoms with E-state index < -0.39 is 10.0 Å². The van der Waals surface area contributed by atoms with Crippen LogP contribution in [0.2, 0.25) is 5.02 Å². The van der Waals surface area contributed by atoms with Crippen molar-refractivity contribution in [2.75, 3.05) is 10.5 Å². The zero-order valence-corrected chi connectivity index (χ0v) is 15.4. The number of hydrogen-bond donors (Lipinski definition) is 1. The third kappa shape index (κ3) is 3.27. The fourth-order valence-corrected chi connectivity index (χ4v) is 5.15. The summed E-state index contributed by atoms with van der Waals surface area (Å²) in [5.74, 6) is 1.06. The van der Waals surface area contributed by atoms with E-state index >= 15 is 0 Å². The second-order valence-corrected chi connectivity index (χ2v) is 8.68. The first-order valence-electron chi connectivity index (χ1n) is 7.61. The van der Waals surface area contributed by atoms with Crippen molar-refractivity contribution in [1.82, 2.24) is 9.55 Å². The molecular weight excluding hydrogens is 378 g/mol. The molecule has 0 fully saturated rings. The van der Waals surface area contributed by atoms with Crippen LogP contribution < -0.4 is 4.72 Å². The van der Waals surface area contributed by atoms with Gasteiger partial charge in [0.2, 0.25) is 0 Å². The molecule has 0 bridgehead atoms. The van der Waals surface area contributed by atoms with Crippen molar-refractivity contribution >= 4 is 39.1 Å². The molecule has 8 heteroatoms. The van der Waals surface area contributed by atoms with Crippen molar-refractivity contribution in [2.45, 2.75) is 16.6 Å². The van der Waals surface area contributed by atoms with Crippen LogP contribution in [0.1, 0.15) is 0 Å². The smallest absolute Gasteiger partial charge is 0.263 e. The molecule has 128 valence electrons. The van der Waals surface area contributed by atoms with Gasteiger partial charge in [-0.15, -0.1) is 0 Å². The average molecular weight is 392 g/mol. The SMILES string of the molecule is O=S(=O)(Nc1ccc(-c2cn3c(n2)SCC3)cc1)c1ccccc1Cl. The molecule has 0 saturated carbocycles. The largest absolute Gasteiger partial charge is 0.325 e. The fourth-order valence-electron chi connectivity index (χ4n) is 2.63. The molecule has 4 rings (SSSR count). The molecule has 25 heavy (non-hydrogen) atoms. The number of thioether (sulfide) groups is 1. The standard InChI is InChI=1S/C17H14ClN3O2S2/c18-14-3-1-2-4-16(14)25(22,23)20-13-7-5-12(6-8-13)15-11-21-9-10-24-17(21)19-15/h1-8,11,20H,9-10H2. The summed E-state index contributed by atoms with van der Waals surface area (Å²) < 4.78 is 29.6. The first-order valence-corrected chi connectivity index (χ1v) is 10.5. The topological polar surface area (TPSA) is 64.0 Å². The number of anilines is 1. The van der Waals surface area contributed by atoms with E-state index in [1.807, 2.05) is 18.3 Å². The number of hydrogen-bond acceptors (Lipinski definition) is 4. The Balaban J connectivity index is 1.57. The minimum Gasteiger partial charge on any atom is -0.325 e. The van der Waals surface area contributed by atoms with Crippen LogP contribution in [0.15, 0.2) is 64.8 Å². The van der Waals surface area contributed by atoms with E-state index in [9.17, 15) is 8.42 Å². The van der Waals surface area contributed by atoms with Gasteiger partial charge in [-0.05, 0) is 24.3 Å². The monoisotopic (exact) mass is 391 g/mol. The predicted octanol–water partition coefficient (Wildman–Crippen LogP) is 4.11. The Kier molecular flexibility index (Phi) is 4.23. The number of nitrogens with zero attached hydrogens (tertiary/aromatic N) is 2. The van der Waals surface area contributed by atoms with Crippen LogP contribution in [0, 0.1) is 0 Å². The highest BCUT2D eigenvalue weighted by Gasteiger charge is 2.18. The van der Waals surface area contributed by atoms with Gasteiger partial charge >= 0.3 is 0 Å². The summed E-state index contributed by atoms with van der Waals surface area (Å²) in [4.78, 5) is 4.65. The summed E-state index contributed by atoms with van der Waals surface area (Å²) in [7, 11) is -3.72.